The third-order valence-electron chi connectivity index (χ3n) is 4.35. The third-order valence-corrected chi connectivity index (χ3v) is 4.35. The molecule has 0 saturated heterocycles. The predicted molar refractivity (Wildman–Crippen MR) is 66.9 cm³/mol. The Balaban J connectivity index is 1.75. The van der Waals surface area contributed by atoms with Gasteiger partial charge in [0, 0.05) is 0 Å². The van der Waals surface area contributed by atoms with Crippen molar-refractivity contribution in [1.82, 2.24) is 0 Å². The first-order chi connectivity index (χ1) is 7.42. The summed E-state index contributed by atoms with van der Waals surface area (Å²) in [7, 11) is 0. The van der Waals surface area contributed by atoms with Gasteiger partial charge in [-0.2, -0.15) is 0 Å². The molecule has 2 atom stereocenters. The summed E-state index contributed by atoms with van der Waals surface area (Å²) >= 11 is 0. The maximum atomic E-state index is 2.59. The molecule has 2 rings (SSSR count). The zero-order valence-electron chi connectivity index (χ0n) is 10.3. The summed E-state index contributed by atoms with van der Waals surface area (Å²) in [5.41, 5.74) is 1.87. The lowest BCUT2D eigenvalue weighted by Gasteiger charge is -2.20. The minimum Gasteiger partial charge on any atom is -0.0848 e. The minimum atomic E-state index is 0.993. The number of hydrogen-bond acceptors (Lipinski definition) is 0. The largest absolute Gasteiger partial charge is 0.0848 e. The number of rotatable bonds is 5. The van der Waals surface area contributed by atoms with Crippen LogP contribution in [0, 0.1) is 11.8 Å². The molecule has 86 valence electrons. The quantitative estimate of drug-likeness (QED) is 0.434. The lowest BCUT2D eigenvalue weighted by atomic mass is 9.85. The van der Waals surface area contributed by atoms with Gasteiger partial charge in [-0.25, -0.2) is 0 Å². The molecule has 1 saturated carbocycles. The zero-order chi connectivity index (χ0) is 10.5. The number of allylic oxidation sites excluding steroid dienone is 2. The van der Waals surface area contributed by atoms with Gasteiger partial charge in [-0.3, -0.25) is 0 Å². The highest BCUT2D eigenvalue weighted by Gasteiger charge is 2.30. The van der Waals surface area contributed by atoms with Gasteiger partial charge >= 0.3 is 0 Å². The van der Waals surface area contributed by atoms with Gasteiger partial charge in [0.1, 0.15) is 0 Å². The Labute approximate surface area is 95.1 Å². The van der Waals surface area contributed by atoms with Crippen molar-refractivity contribution >= 4 is 0 Å². The SMILES string of the molecule is CCCCCCC1CCC2CCCC=C21. The van der Waals surface area contributed by atoms with Gasteiger partial charge in [-0.1, -0.05) is 44.3 Å². The van der Waals surface area contributed by atoms with Crippen LogP contribution in [-0.4, -0.2) is 0 Å². The van der Waals surface area contributed by atoms with Crippen LogP contribution in [0.5, 0.6) is 0 Å². The van der Waals surface area contributed by atoms with Gasteiger partial charge < -0.3 is 0 Å². The van der Waals surface area contributed by atoms with E-state index in [1.54, 1.807) is 0 Å². The summed E-state index contributed by atoms with van der Waals surface area (Å²) < 4.78 is 0. The molecule has 15 heavy (non-hydrogen) atoms. The molecule has 0 aromatic carbocycles. The summed E-state index contributed by atoms with van der Waals surface area (Å²) in [6.45, 7) is 2.30. The molecule has 2 aliphatic carbocycles. The molecule has 0 nitrogen and oxygen atoms in total. The molecular weight excluding hydrogens is 180 g/mol. The van der Waals surface area contributed by atoms with Gasteiger partial charge in [0.05, 0.1) is 0 Å². The second-order valence-electron chi connectivity index (χ2n) is 5.46. The van der Waals surface area contributed by atoms with E-state index >= 15 is 0 Å². The van der Waals surface area contributed by atoms with Crippen molar-refractivity contribution in [2.24, 2.45) is 11.8 Å². The predicted octanol–water partition coefficient (Wildman–Crippen LogP) is 5.09. The van der Waals surface area contributed by atoms with Gasteiger partial charge in [0.15, 0.2) is 0 Å². The molecule has 0 heteroatoms. The minimum absolute atomic E-state index is 0.993. The van der Waals surface area contributed by atoms with Crippen molar-refractivity contribution in [2.75, 3.05) is 0 Å². The molecular formula is C15H26. The van der Waals surface area contributed by atoms with Crippen molar-refractivity contribution < 1.29 is 0 Å². The zero-order valence-corrected chi connectivity index (χ0v) is 10.3. The summed E-state index contributed by atoms with van der Waals surface area (Å²) in [6, 6.07) is 0. The normalized spacial score (nSPS) is 30.1. The Morgan fingerprint density at radius 1 is 1.13 bits per heavy atom. The second kappa shape index (κ2) is 5.72. The van der Waals surface area contributed by atoms with Crippen molar-refractivity contribution in [1.29, 1.82) is 0 Å². The highest BCUT2D eigenvalue weighted by atomic mass is 14.4. The van der Waals surface area contributed by atoms with Crippen LogP contribution < -0.4 is 0 Å². The van der Waals surface area contributed by atoms with Crippen molar-refractivity contribution in [3.63, 3.8) is 0 Å². The lowest BCUT2D eigenvalue weighted by molar-refractivity contribution is 0.505. The molecule has 0 amide bonds. The van der Waals surface area contributed by atoms with Crippen molar-refractivity contribution in [2.45, 2.75) is 71.1 Å². The monoisotopic (exact) mass is 206 g/mol. The average Bonchev–Trinajstić information content (AvgIpc) is 2.68. The molecule has 0 heterocycles. The number of fused-ring (bicyclic) bond motifs is 1. The smallest absolute Gasteiger partial charge is 0.0200 e. The van der Waals surface area contributed by atoms with E-state index in [1.807, 2.05) is 5.57 Å². The Bertz CT molecular complexity index is 214. The average molecular weight is 206 g/mol. The van der Waals surface area contributed by atoms with Gasteiger partial charge in [0.25, 0.3) is 0 Å². The Kier molecular flexibility index (Phi) is 4.29. The van der Waals surface area contributed by atoms with Gasteiger partial charge in [-0.05, 0) is 50.4 Å². The maximum absolute atomic E-state index is 2.59. The summed E-state index contributed by atoms with van der Waals surface area (Å²) in [5, 5.41) is 0. The van der Waals surface area contributed by atoms with Crippen LogP contribution in [0.1, 0.15) is 71.1 Å². The Morgan fingerprint density at radius 3 is 2.93 bits per heavy atom. The summed E-state index contributed by atoms with van der Waals surface area (Å²) in [6.07, 6.45) is 17.2. The highest BCUT2D eigenvalue weighted by Crippen LogP contribution is 2.44. The Hall–Kier alpha value is -0.260. The fourth-order valence-corrected chi connectivity index (χ4v) is 3.47. The van der Waals surface area contributed by atoms with Crippen LogP contribution >= 0.6 is 0 Å². The summed E-state index contributed by atoms with van der Waals surface area (Å²) in [5.74, 6) is 2.00. The molecule has 0 spiro atoms. The van der Waals surface area contributed by atoms with E-state index < -0.39 is 0 Å². The van der Waals surface area contributed by atoms with Crippen molar-refractivity contribution in [3.8, 4) is 0 Å². The second-order valence-corrected chi connectivity index (χ2v) is 5.46. The van der Waals surface area contributed by atoms with E-state index in [4.69, 9.17) is 0 Å². The van der Waals surface area contributed by atoms with Gasteiger partial charge in [0.2, 0.25) is 0 Å². The first kappa shape index (κ1) is 11.2. The molecule has 0 radical (unpaired) electrons. The molecule has 0 aromatic heterocycles. The maximum Gasteiger partial charge on any atom is -0.0200 e. The standard InChI is InChI=1S/C15H26/c1-2-3-4-5-8-13-11-12-14-9-6-7-10-15(13)14/h10,13-14H,2-9,11-12H2,1H3. The van der Waals surface area contributed by atoms with Crippen LogP contribution in [0.4, 0.5) is 0 Å². The van der Waals surface area contributed by atoms with E-state index in [1.165, 1.54) is 64.2 Å². The number of hydrogen-bond donors (Lipinski definition) is 0. The fourth-order valence-electron chi connectivity index (χ4n) is 3.47. The Morgan fingerprint density at radius 2 is 2.07 bits per heavy atom. The lowest BCUT2D eigenvalue weighted by Crippen LogP contribution is -2.06. The fraction of sp³-hybridized carbons (Fsp3) is 0.867. The molecule has 0 aromatic rings. The molecule has 2 unspecified atom stereocenters. The van der Waals surface area contributed by atoms with E-state index in [0.717, 1.165) is 11.8 Å². The van der Waals surface area contributed by atoms with E-state index in [-0.39, 0.29) is 0 Å². The van der Waals surface area contributed by atoms with E-state index in [0.29, 0.717) is 0 Å². The van der Waals surface area contributed by atoms with Crippen LogP contribution in [0.3, 0.4) is 0 Å². The topological polar surface area (TPSA) is 0 Å². The van der Waals surface area contributed by atoms with Crippen LogP contribution in [0.25, 0.3) is 0 Å². The van der Waals surface area contributed by atoms with Crippen LogP contribution in [0.15, 0.2) is 11.6 Å². The highest BCUT2D eigenvalue weighted by molar-refractivity contribution is 5.17. The first-order valence-electron chi connectivity index (χ1n) is 7.11. The third kappa shape index (κ3) is 2.86. The van der Waals surface area contributed by atoms with Gasteiger partial charge in [-0.15, -0.1) is 0 Å². The van der Waals surface area contributed by atoms with Crippen molar-refractivity contribution in [3.05, 3.63) is 11.6 Å². The molecule has 0 bridgehead atoms. The first-order valence-corrected chi connectivity index (χ1v) is 7.11. The number of unbranched alkanes of at least 4 members (excludes halogenated alkanes) is 3. The van der Waals surface area contributed by atoms with E-state index in [9.17, 15) is 0 Å². The molecule has 0 N–H and O–H groups in total. The van der Waals surface area contributed by atoms with Crippen LogP contribution in [-0.2, 0) is 0 Å². The molecule has 1 fully saturated rings. The van der Waals surface area contributed by atoms with Crippen LogP contribution in [0.2, 0.25) is 0 Å². The van der Waals surface area contributed by atoms with E-state index in [2.05, 4.69) is 13.0 Å². The molecule has 2 aliphatic rings. The molecule has 0 aliphatic heterocycles. The summed E-state index contributed by atoms with van der Waals surface area (Å²) in [4.78, 5) is 0.